The fourth-order valence-electron chi connectivity index (χ4n) is 3.52. The van der Waals surface area contributed by atoms with E-state index in [1.807, 2.05) is 11.0 Å². The van der Waals surface area contributed by atoms with E-state index in [0.717, 1.165) is 11.3 Å². The SMILES string of the molecule is O=C1Cc2c(cccc2C(=O)N2CCN(c3cc(Cl)ccc3O)CC2)N1. The van der Waals surface area contributed by atoms with Crippen molar-refractivity contribution in [2.75, 3.05) is 36.4 Å². The highest BCUT2D eigenvalue weighted by Gasteiger charge is 2.28. The molecule has 0 unspecified atom stereocenters. The predicted molar refractivity (Wildman–Crippen MR) is 100 cm³/mol. The topological polar surface area (TPSA) is 72.9 Å². The zero-order valence-electron chi connectivity index (χ0n) is 14.0. The summed E-state index contributed by atoms with van der Waals surface area (Å²) in [7, 11) is 0. The Bertz CT molecular complexity index is 892. The van der Waals surface area contributed by atoms with Gasteiger partial charge in [0, 0.05) is 42.5 Å². The zero-order chi connectivity index (χ0) is 18.3. The average Bonchev–Trinajstić information content (AvgIpc) is 3.03. The van der Waals surface area contributed by atoms with Gasteiger partial charge in [0.25, 0.3) is 5.91 Å². The molecule has 134 valence electrons. The normalized spacial score (nSPS) is 16.4. The largest absolute Gasteiger partial charge is 0.506 e. The van der Waals surface area contributed by atoms with Crippen LogP contribution in [0.5, 0.6) is 5.75 Å². The van der Waals surface area contributed by atoms with Gasteiger partial charge in [0.1, 0.15) is 5.75 Å². The zero-order valence-corrected chi connectivity index (χ0v) is 14.8. The van der Waals surface area contributed by atoms with Gasteiger partial charge in [-0.1, -0.05) is 17.7 Å². The maximum Gasteiger partial charge on any atom is 0.254 e. The van der Waals surface area contributed by atoms with E-state index >= 15 is 0 Å². The van der Waals surface area contributed by atoms with Crippen molar-refractivity contribution in [3.63, 3.8) is 0 Å². The second kappa shape index (κ2) is 6.53. The van der Waals surface area contributed by atoms with E-state index in [1.165, 1.54) is 0 Å². The van der Waals surface area contributed by atoms with Gasteiger partial charge in [-0.3, -0.25) is 9.59 Å². The molecule has 4 rings (SSSR count). The Morgan fingerprint density at radius 3 is 2.65 bits per heavy atom. The van der Waals surface area contributed by atoms with E-state index in [0.29, 0.717) is 42.5 Å². The molecule has 6 nitrogen and oxygen atoms in total. The standard InChI is InChI=1S/C19H18ClN3O3/c20-12-4-5-17(24)16(10-12)22-6-8-23(9-7-22)19(26)13-2-1-3-15-14(13)11-18(25)21-15/h1-5,10,24H,6-9,11H2,(H,21,25). The number of nitrogens with one attached hydrogen (secondary N) is 1. The Labute approximate surface area is 156 Å². The third-order valence-corrected chi connectivity index (χ3v) is 5.10. The van der Waals surface area contributed by atoms with E-state index < -0.39 is 0 Å². The van der Waals surface area contributed by atoms with Crippen molar-refractivity contribution in [2.24, 2.45) is 0 Å². The number of hydrogen-bond acceptors (Lipinski definition) is 4. The molecule has 0 radical (unpaired) electrons. The van der Waals surface area contributed by atoms with E-state index in [9.17, 15) is 14.7 Å². The molecule has 2 amide bonds. The summed E-state index contributed by atoms with van der Waals surface area (Å²) >= 11 is 6.03. The van der Waals surface area contributed by atoms with Gasteiger partial charge in [-0.15, -0.1) is 0 Å². The maximum atomic E-state index is 12.9. The van der Waals surface area contributed by atoms with Crippen LogP contribution < -0.4 is 10.2 Å². The van der Waals surface area contributed by atoms with Gasteiger partial charge < -0.3 is 20.2 Å². The number of phenolic OH excluding ortho intramolecular Hbond substituents is 1. The van der Waals surface area contributed by atoms with Gasteiger partial charge in [-0.25, -0.2) is 0 Å². The highest BCUT2D eigenvalue weighted by atomic mass is 35.5. The summed E-state index contributed by atoms with van der Waals surface area (Å²) in [5.74, 6) is 0.0365. The number of halogens is 1. The fraction of sp³-hybridized carbons (Fsp3) is 0.263. The molecule has 0 atom stereocenters. The lowest BCUT2D eigenvalue weighted by Gasteiger charge is -2.36. The number of piperazine rings is 1. The first-order valence-electron chi connectivity index (χ1n) is 8.47. The van der Waals surface area contributed by atoms with Crippen LogP contribution in [0, 0.1) is 0 Å². The van der Waals surface area contributed by atoms with Crippen LogP contribution in [0.25, 0.3) is 0 Å². The van der Waals surface area contributed by atoms with Gasteiger partial charge in [0.2, 0.25) is 5.91 Å². The molecule has 1 fully saturated rings. The Morgan fingerprint density at radius 1 is 1.12 bits per heavy atom. The van der Waals surface area contributed by atoms with Crippen molar-refractivity contribution in [2.45, 2.75) is 6.42 Å². The van der Waals surface area contributed by atoms with Gasteiger partial charge in [0.05, 0.1) is 12.1 Å². The summed E-state index contributed by atoms with van der Waals surface area (Å²) < 4.78 is 0. The number of rotatable bonds is 2. The molecule has 2 aromatic carbocycles. The summed E-state index contributed by atoms with van der Waals surface area (Å²) in [4.78, 5) is 28.4. The number of fused-ring (bicyclic) bond motifs is 1. The molecule has 2 heterocycles. The van der Waals surface area contributed by atoms with Crippen LogP contribution >= 0.6 is 11.6 Å². The molecule has 0 bridgehead atoms. The molecular weight excluding hydrogens is 354 g/mol. The van der Waals surface area contributed by atoms with Crippen molar-refractivity contribution >= 4 is 34.8 Å². The molecule has 2 aromatic rings. The Kier molecular flexibility index (Phi) is 4.20. The first kappa shape index (κ1) is 16.7. The first-order chi connectivity index (χ1) is 12.5. The number of hydrogen-bond donors (Lipinski definition) is 2. The van der Waals surface area contributed by atoms with E-state index in [-0.39, 0.29) is 24.0 Å². The van der Waals surface area contributed by atoms with Gasteiger partial charge in [-0.2, -0.15) is 0 Å². The second-order valence-corrected chi connectivity index (χ2v) is 6.91. The Balaban J connectivity index is 1.49. The molecular formula is C19H18ClN3O3. The Morgan fingerprint density at radius 2 is 1.88 bits per heavy atom. The maximum absolute atomic E-state index is 12.9. The Hall–Kier alpha value is -2.73. The summed E-state index contributed by atoms with van der Waals surface area (Å²) in [6.45, 7) is 2.28. The third-order valence-electron chi connectivity index (χ3n) is 4.86. The van der Waals surface area contributed by atoms with Crippen LogP contribution in [0.4, 0.5) is 11.4 Å². The van der Waals surface area contributed by atoms with E-state index in [4.69, 9.17) is 11.6 Å². The summed E-state index contributed by atoms with van der Waals surface area (Å²) in [5.41, 5.74) is 2.76. The van der Waals surface area contributed by atoms with Crippen LogP contribution in [0.1, 0.15) is 15.9 Å². The van der Waals surface area contributed by atoms with Gasteiger partial charge in [-0.05, 0) is 35.9 Å². The molecule has 0 aliphatic carbocycles. The van der Waals surface area contributed by atoms with Crippen molar-refractivity contribution in [1.82, 2.24) is 4.90 Å². The van der Waals surface area contributed by atoms with Crippen LogP contribution in [0.2, 0.25) is 5.02 Å². The van der Waals surface area contributed by atoms with Crippen molar-refractivity contribution < 1.29 is 14.7 Å². The minimum Gasteiger partial charge on any atom is -0.506 e. The smallest absolute Gasteiger partial charge is 0.254 e. The average molecular weight is 372 g/mol. The van der Waals surface area contributed by atoms with Crippen molar-refractivity contribution in [3.8, 4) is 5.75 Å². The van der Waals surface area contributed by atoms with Gasteiger partial charge >= 0.3 is 0 Å². The van der Waals surface area contributed by atoms with Crippen LogP contribution in [-0.2, 0) is 11.2 Å². The molecule has 1 saturated heterocycles. The summed E-state index contributed by atoms with van der Waals surface area (Å²) in [6.07, 6.45) is 0.244. The number of amides is 2. The first-order valence-corrected chi connectivity index (χ1v) is 8.85. The van der Waals surface area contributed by atoms with Crippen LogP contribution in [0.15, 0.2) is 36.4 Å². The summed E-state index contributed by atoms with van der Waals surface area (Å²) in [5, 5.41) is 13.4. The molecule has 26 heavy (non-hydrogen) atoms. The molecule has 0 spiro atoms. The second-order valence-electron chi connectivity index (χ2n) is 6.47. The molecule has 7 heteroatoms. The van der Waals surface area contributed by atoms with Crippen LogP contribution in [0.3, 0.4) is 0 Å². The molecule has 2 N–H and O–H groups in total. The minimum absolute atomic E-state index is 0.0617. The number of carbonyl (C=O) groups is 2. The molecule has 2 aliphatic rings. The number of nitrogens with zero attached hydrogens (tertiary/aromatic N) is 2. The van der Waals surface area contributed by atoms with Crippen molar-refractivity contribution in [3.05, 3.63) is 52.5 Å². The lowest BCUT2D eigenvalue weighted by molar-refractivity contribution is -0.115. The van der Waals surface area contributed by atoms with E-state index in [1.54, 1.807) is 35.2 Å². The molecule has 2 aliphatic heterocycles. The van der Waals surface area contributed by atoms with Crippen LogP contribution in [-0.4, -0.2) is 48.0 Å². The number of benzene rings is 2. The predicted octanol–water partition coefficient (Wildman–Crippen LogP) is 2.50. The molecule has 0 saturated carbocycles. The summed E-state index contributed by atoms with van der Waals surface area (Å²) in [6, 6.07) is 10.3. The molecule has 0 aromatic heterocycles. The third kappa shape index (κ3) is 2.97. The van der Waals surface area contributed by atoms with Crippen molar-refractivity contribution in [1.29, 1.82) is 0 Å². The number of carbonyl (C=O) groups excluding carboxylic acids is 2. The quantitative estimate of drug-likeness (QED) is 0.850. The lowest BCUT2D eigenvalue weighted by atomic mass is 10.0. The highest BCUT2D eigenvalue weighted by molar-refractivity contribution is 6.30. The minimum atomic E-state index is -0.0819. The highest BCUT2D eigenvalue weighted by Crippen LogP contribution is 2.32. The number of phenols is 1. The fourth-order valence-corrected chi connectivity index (χ4v) is 3.69. The lowest BCUT2D eigenvalue weighted by Crippen LogP contribution is -2.49. The van der Waals surface area contributed by atoms with Gasteiger partial charge in [0.15, 0.2) is 0 Å². The monoisotopic (exact) mass is 371 g/mol. The number of aromatic hydroxyl groups is 1. The number of anilines is 2. The van der Waals surface area contributed by atoms with E-state index in [2.05, 4.69) is 5.32 Å².